The van der Waals surface area contributed by atoms with Crippen molar-refractivity contribution in [2.45, 2.75) is 6.92 Å². The largest absolute Gasteiger partial charge is 0.507 e. The van der Waals surface area contributed by atoms with Gasteiger partial charge < -0.3 is 9.63 Å². The Hall–Kier alpha value is -2.14. The van der Waals surface area contributed by atoms with E-state index in [4.69, 9.17) is 4.52 Å². The van der Waals surface area contributed by atoms with Crippen LogP contribution in [0.3, 0.4) is 0 Å². The van der Waals surface area contributed by atoms with E-state index in [9.17, 15) is 5.11 Å². The molecule has 3 rings (SSSR count). The smallest absolute Gasteiger partial charge is 0.261 e. The number of nitrogens with zero attached hydrogens (tertiary/aromatic N) is 2. The molecule has 0 radical (unpaired) electrons. The van der Waals surface area contributed by atoms with Gasteiger partial charge >= 0.3 is 0 Å². The van der Waals surface area contributed by atoms with Gasteiger partial charge in [0.25, 0.3) is 5.89 Å². The van der Waals surface area contributed by atoms with Crippen molar-refractivity contribution in [3.05, 3.63) is 40.6 Å². The minimum Gasteiger partial charge on any atom is -0.507 e. The number of phenols is 1. The number of phenolic OH excluding ortho intramolecular Hbond substituents is 1. The lowest BCUT2D eigenvalue weighted by Crippen LogP contribution is -1.81. The predicted octanol–water partition coefficient (Wildman–Crippen LogP) is 3.48. The number of benzene rings is 1. The van der Waals surface area contributed by atoms with Gasteiger partial charge in [0.1, 0.15) is 5.75 Å². The maximum Gasteiger partial charge on any atom is 0.261 e. The molecule has 90 valence electrons. The molecule has 0 saturated heterocycles. The molecule has 4 nitrogen and oxygen atoms in total. The summed E-state index contributed by atoms with van der Waals surface area (Å²) in [7, 11) is 0. The molecule has 1 aromatic carbocycles. The molecule has 1 N–H and O–H groups in total. The average Bonchev–Trinajstić information content (AvgIpc) is 2.99. The molecule has 0 aliphatic rings. The van der Waals surface area contributed by atoms with E-state index >= 15 is 0 Å². The molecule has 2 aromatic heterocycles. The minimum atomic E-state index is 0.149. The van der Waals surface area contributed by atoms with Crippen molar-refractivity contribution < 1.29 is 9.63 Å². The Kier molecular flexibility index (Phi) is 2.60. The van der Waals surface area contributed by atoms with Gasteiger partial charge in [-0.3, -0.25) is 0 Å². The summed E-state index contributed by atoms with van der Waals surface area (Å²) in [6.07, 6.45) is 0. The van der Waals surface area contributed by atoms with Crippen LogP contribution in [0.15, 0.2) is 39.5 Å². The highest BCUT2D eigenvalue weighted by atomic mass is 32.1. The Balaban J connectivity index is 2.03. The highest BCUT2D eigenvalue weighted by molar-refractivity contribution is 7.08. The Morgan fingerprint density at radius 3 is 2.89 bits per heavy atom. The van der Waals surface area contributed by atoms with Crippen LogP contribution < -0.4 is 0 Å². The zero-order valence-electron chi connectivity index (χ0n) is 9.62. The van der Waals surface area contributed by atoms with Gasteiger partial charge in [-0.25, -0.2) is 0 Å². The average molecular weight is 258 g/mol. The lowest BCUT2D eigenvalue weighted by molar-refractivity contribution is 0.425. The van der Waals surface area contributed by atoms with Crippen molar-refractivity contribution in [3.8, 4) is 28.6 Å². The van der Waals surface area contributed by atoms with Gasteiger partial charge in [0.15, 0.2) is 0 Å². The number of aromatic nitrogens is 2. The fourth-order valence-corrected chi connectivity index (χ4v) is 2.30. The van der Waals surface area contributed by atoms with Crippen molar-refractivity contribution in [1.29, 1.82) is 0 Å². The lowest BCUT2D eigenvalue weighted by atomic mass is 10.1. The summed E-state index contributed by atoms with van der Waals surface area (Å²) in [5.41, 5.74) is 2.45. The van der Waals surface area contributed by atoms with E-state index in [0.29, 0.717) is 17.3 Å². The lowest BCUT2D eigenvalue weighted by Gasteiger charge is -1.99. The van der Waals surface area contributed by atoms with E-state index in [0.717, 1.165) is 11.1 Å². The molecule has 0 spiro atoms. The quantitative estimate of drug-likeness (QED) is 0.764. The van der Waals surface area contributed by atoms with Gasteiger partial charge in [0.05, 0.1) is 5.56 Å². The fourth-order valence-electron chi connectivity index (χ4n) is 1.66. The van der Waals surface area contributed by atoms with E-state index in [2.05, 4.69) is 10.1 Å². The van der Waals surface area contributed by atoms with Crippen LogP contribution in [-0.2, 0) is 0 Å². The molecule has 18 heavy (non-hydrogen) atoms. The van der Waals surface area contributed by atoms with Crippen LogP contribution in [0.1, 0.15) is 5.56 Å². The van der Waals surface area contributed by atoms with Gasteiger partial charge in [-0.2, -0.15) is 16.3 Å². The first-order chi connectivity index (χ1) is 8.74. The Bertz CT molecular complexity index is 674. The summed E-state index contributed by atoms with van der Waals surface area (Å²) in [5.74, 6) is 1.01. The zero-order valence-corrected chi connectivity index (χ0v) is 10.4. The van der Waals surface area contributed by atoms with E-state index in [1.807, 2.05) is 29.8 Å². The molecule has 0 aliphatic heterocycles. The summed E-state index contributed by atoms with van der Waals surface area (Å²) >= 11 is 1.57. The second-order valence-electron chi connectivity index (χ2n) is 3.96. The maximum absolute atomic E-state index is 9.86. The topological polar surface area (TPSA) is 59.2 Å². The molecular weight excluding hydrogens is 248 g/mol. The minimum absolute atomic E-state index is 0.149. The van der Waals surface area contributed by atoms with Gasteiger partial charge in [-0.15, -0.1) is 0 Å². The molecule has 0 bridgehead atoms. The maximum atomic E-state index is 9.86. The molecule has 0 fully saturated rings. The second-order valence-corrected chi connectivity index (χ2v) is 4.74. The number of hydrogen-bond donors (Lipinski definition) is 1. The van der Waals surface area contributed by atoms with Crippen LogP contribution in [0.25, 0.3) is 22.8 Å². The van der Waals surface area contributed by atoms with Gasteiger partial charge in [0, 0.05) is 10.9 Å². The van der Waals surface area contributed by atoms with E-state index in [-0.39, 0.29) is 5.75 Å². The zero-order chi connectivity index (χ0) is 12.5. The van der Waals surface area contributed by atoms with Gasteiger partial charge in [-0.1, -0.05) is 11.2 Å². The summed E-state index contributed by atoms with van der Waals surface area (Å²) < 4.78 is 5.18. The van der Waals surface area contributed by atoms with Crippen LogP contribution in [0.2, 0.25) is 0 Å². The summed E-state index contributed by atoms with van der Waals surface area (Å²) in [6.45, 7) is 1.91. The second kappa shape index (κ2) is 4.27. The predicted molar refractivity (Wildman–Crippen MR) is 69.4 cm³/mol. The first-order valence-corrected chi connectivity index (χ1v) is 6.34. The van der Waals surface area contributed by atoms with Crippen molar-refractivity contribution in [2.24, 2.45) is 0 Å². The first-order valence-electron chi connectivity index (χ1n) is 5.40. The Morgan fingerprint density at radius 2 is 2.17 bits per heavy atom. The summed E-state index contributed by atoms with van der Waals surface area (Å²) in [6, 6.07) is 7.26. The van der Waals surface area contributed by atoms with E-state index in [1.165, 1.54) is 0 Å². The molecule has 0 unspecified atom stereocenters. The van der Waals surface area contributed by atoms with Crippen molar-refractivity contribution in [3.63, 3.8) is 0 Å². The normalized spacial score (nSPS) is 10.7. The molecule has 2 heterocycles. The van der Waals surface area contributed by atoms with Gasteiger partial charge in [-0.05, 0) is 36.1 Å². The van der Waals surface area contributed by atoms with Crippen LogP contribution in [0.5, 0.6) is 5.75 Å². The molecular formula is C13H10N2O2S. The first kappa shape index (κ1) is 11.0. The van der Waals surface area contributed by atoms with Crippen LogP contribution in [-0.4, -0.2) is 15.2 Å². The van der Waals surface area contributed by atoms with Crippen LogP contribution in [0.4, 0.5) is 0 Å². The third kappa shape index (κ3) is 1.89. The van der Waals surface area contributed by atoms with Crippen molar-refractivity contribution in [2.75, 3.05) is 0 Å². The summed E-state index contributed by atoms with van der Waals surface area (Å²) in [4.78, 5) is 4.28. The van der Waals surface area contributed by atoms with Crippen LogP contribution >= 0.6 is 11.3 Å². The van der Waals surface area contributed by atoms with E-state index in [1.54, 1.807) is 23.5 Å². The fraction of sp³-hybridized carbons (Fsp3) is 0.0769. The molecule has 0 atom stereocenters. The molecule has 3 aromatic rings. The van der Waals surface area contributed by atoms with Crippen molar-refractivity contribution in [1.82, 2.24) is 10.1 Å². The third-order valence-corrected chi connectivity index (χ3v) is 3.27. The molecule has 0 saturated carbocycles. The third-order valence-electron chi connectivity index (χ3n) is 2.59. The molecule has 5 heteroatoms. The number of aromatic hydroxyl groups is 1. The van der Waals surface area contributed by atoms with Gasteiger partial charge in [0.2, 0.25) is 5.82 Å². The molecule has 0 amide bonds. The highest BCUT2D eigenvalue weighted by Gasteiger charge is 2.13. The van der Waals surface area contributed by atoms with Crippen LogP contribution in [0, 0.1) is 6.92 Å². The Morgan fingerprint density at radius 1 is 1.28 bits per heavy atom. The summed E-state index contributed by atoms with van der Waals surface area (Å²) in [5, 5.41) is 17.7. The SMILES string of the molecule is Cc1ccc(-c2nc(-c3ccsc3)no2)c(O)c1. The number of thiophene rings is 1. The monoisotopic (exact) mass is 258 g/mol. The standard InChI is InChI=1S/C13H10N2O2S/c1-8-2-3-10(11(16)6-8)13-14-12(15-17-13)9-4-5-18-7-9/h2-7,16H,1H3. The number of aryl methyl sites for hydroxylation is 1. The Labute approximate surface area is 108 Å². The number of rotatable bonds is 2. The van der Waals surface area contributed by atoms with E-state index < -0.39 is 0 Å². The number of hydrogen-bond acceptors (Lipinski definition) is 5. The molecule has 0 aliphatic carbocycles. The van der Waals surface area contributed by atoms with Crippen molar-refractivity contribution >= 4 is 11.3 Å². The highest BCUT2D eigenvalue weighted by Crippen LogP contribution is 2.30.